The van der Waals surface area contributed by atoms with Gasteiger partial charge in [0.25, 0.3) is 0 Å². The van der Waals surface area contributed by atoms with Crippen molar-refractivity contribution < 1.29 is 9.84 Å². The second-order valence-corrected chi connectivity index (χ2v) is 6.50. The predicted octanol–water partition coefficient (Wildman–Crippen LogP) is 3.53. The fraction of sp³-hybridized carbons (Fsp3) is 0.471. The number of aliphatic hydroxyl groups excluding tert-OH is 1. The minimum atomic E-state index is -0.480. The minimum Gasteiger partial charge on any atom is -0.388 e. The van der Waals surface area contributed by atoms with Crippen molar-refractivity contribution >= 4 is 11.3 Å². The molecule has 0 aliphatic carbocycles. The Morgan fingerprint density at radius 1 is 1.29 bits per heavy atom. The summed E-state index contributed by atoms with van der Waals surface area (Å²) >= 11 is 1.68. The molecule has 4 heteroatoms. The van der Waals surface area contributed by atoms with Crippen LogP contribution in [0.2, 0.25) is 0 Å². The lowest BCUT2D eigenvalue weighted by atomic mass is 10.1. The Morgan fingerprint density at radius 2 is 2.14 bits per heavy atom. The van der Waals surface area contributed by atoms with E-state index in [0.29, 0.717) is 12.5 Å². The van der Waals surface area contributed by atoms with Crippen molar-refractivity contribution in [1.29, 1.82) is 0 Å². The highest BCUT2D eigenvalue weighted by atomic mass is 32.1. The maximum absolute atomic E-state index is 10.2. The summed E-state index contributed by atoms with van der Waals surface area (Å²) in [4.78, 5) is 4.65. The van der Waals surface area contributed by atoms with Crippen molar-refractivity contribution in [3.05, 3.63) is 52.0 Å². The third-order valence-electron chi connectivity index (χ3n) is 3.86. The first-order valence-corrected chi connectivity index (χ1v) is 8.47. The summed E-state index contributed by atoms with van der Waals surface area (Å²) in [5, 5.41) is 13.4. The molecule has 1 aromatic heterocycles. The molecule has 2 atom stereocenters. The molecule has 2 unspecified atom stereocenters. The number of thiazole rings is 1. The molecular formula is C17H21NO2S. The third-order valence-corrected chi connectivity index (χ3v) is 4.78. The molecule has 0 bridgehead atoms. The van der Waals surface area contributed by atoms with E-state index in [-0.39, 0.29) is 0 Å². The Bertz CT molecular complexity index is 549. The second-order valence-electron chi connectivity index (χ2n) is 5.56. The Balaban J connectivity index is 1.57. The molecule has 1 aliphatic rings. The number of aromatic nitrogens is 1. The standard InChI is InChI=1S/C17H21NO2S/c19-16(13-6-2-1-3-7-13)10-14-12-21-17(18-14)11-15-8-4-5-9-20-15/h1-3,6-7,12,15-16,19H,4-5,8-11H2. The van der Waals surface area contributed by atoms with Crippen molar-refractivity contribution in [2.24, 2.45) is 0 Å². The molecule has 1 aliphatic heterocycles. The Hall–Kier alpha value is -1.23. The van der Waals surface area contributed by atoms with E-state index in [1.165, 1.54) is 12.8 Å². The molecule has 112 valence electrons. The van der Waals surface area contributed by atoms with Gasteiger partial charge in [0.05, 0.1) is 22.9 Å². The van der Waals surface area contributed by atoms with Crippen LogP contribution in [0, 0.1) is 0 Å². The van der Waals surface area contributed by atoms with Gasteiger partial charge in [-0.15, -0.1) is 11.3 Å². The number of nitrogens with zero attached hydrogens (tertiary/aromatic N) is 1. The molecule has 0 amide bonds. The van der Waals surface area contributed by atoms with Gasteiger partial charge in [0.1, 0.15) is 0 Å². The van der Waals surface area contributed by atoms with Crippen LogP contribution in [0.25, 0.3) is 0 Å². The molecular weight excluding hydrogens is 282 g/mol. The molecule has 0 saturated carbocycles. The highest BCUT2D eigenvalue weighted by Crippen LogP contribution is 2.22. The smallest absolute Gasteiger partial charge is 0.0954 e. The molecule has 2 heterocycles. The van der Waals surface area contributed by atoms with E-state index >= 15 is 0 Å². The maximum Gasteiger partial charge on any atom is 0.0954 e. The zero-order valence-corrected chi connectivity index (χ0v) is 12.9. The molecule has 1 N–H and O–H groups in total. The van der Waals surface area contributed by atoms with Gasteiger partial charge < -0.3 is 9.84 Å². The summed E-state index contributed by atoms with van der Waals surface area (Å²) in [6, 6.07) is 9.76. The number of rotatable bonds is 5. The van der Waals surface area contributed by atoms with Gasteiger partial charge in [-0.2, -0.15) is 0 Å². The van der Waals surface area contributed by atoms with Crippen LogP contribution in [-0.2, 0) is 17.6 Å². The molecule has 0 radical (unpaired) electrons. The van der Waals surface area contributed by atoms with Crippen LogP contribution in [0.3, 0.4) is 0 Å². The maximum atomic E-state index is 10.2. The Morgan fingerprint density at radius 3 is 2.90 bits per heavy atom. The topological polar surface area (TPSA) is 42.4 Å². The molecule has 3 nitrogen and oxygen atoms in total. The first-order chi connectivity index (χ1) is 10.3. The van der Waals surface area contributed by atoms with Crippen LogP contribution in [0.15, 0.2) is 35.7 Å². The fourth-order valence-corrected chi connectivity index (χ4v) is 3.56. The summed E-state index contributed by atoms with van der Waals surface area (Å²) in [6.45, 7) is 0.885. The quantitative estimate of drug-likeness (QED) is 0.919. The monoisotopic (exact) mass is 303 g/mol. The first kappa shape index (κ1) is 14.7. The highest BCUT2D eigenvalue weighted by molar-refractivity contribution is 7.09. The lowest BCUT2D eigenvalue weighted by Gasteiger charge is -2.21. The zero-order valence-electron chi connectivity index (χ0n) is 12.1. The molecule has 1 fully saturated rings. The normalized spacial score (nSPS) is 20.3. The summed E-state index contributed by atoms with van der Waals surface area (Å²) in [5.41, 5.74) is 1.92. The number of hydrogen-bond acceptors (Lipinski definition) is 4. The van der Waals surface area contributed by atoms with Gasteiger partial charge in [0.15, 0.2) is 0 Å². The number of benzene rings is 1. The molecule has 21 heavy (non-hydrogen) atoms. The van der Waals surface area contributed by atoms with Gasteiger partial charge in [-0.1, -0.05) is 30.3 Å². The van der Waals surface area contributed by atoms with Crippen molar-refractivity contribution in [1.82, 2.24) is 4.98 Å². The highest BCUT2D eigenvalue weighted by Gasteiger charge is 2.17. The van der Waals surface area contributed by atoms with E-state index in [1.807, 2.05) is 30.3 Å². The lowest BCUT2D eigenvalue weighted by Crippen LogP contribution is -2.21. The van der Waals surface area contributed by atoms with Gasteiger partial charge >= 0.3 is 0 Å². The van der Waals surface area contributed by atoms with Crippen molar-refractivity contribution in [2.45, 2.75) is 44.3 Å². The number of ether oxygens (including phenoxy) is 1. The average Bonchev–Trinajstić information content (AvgIpc) is 2.96. The molecule has 0 spiro atoms. The summed E-state index contributed by atoms with van der Waals surface area (Å²) in [7, 11) is 0. The van der Waals surface area contributed by atoms with Crippen molar-refractivity contribution in [3.8, 4) is 0 Å². The third kappa shape index (κ3) is 4.13. The fourth-order valence-electron chi connectivity index (χ4n) is 2.69. The first-order valence-electron chi connectivity index (χ1n) is 7.59. The van der Waals surface area contributed by atoms with Crippen molar-refractivity contribution in [3.63, 3.8) is 0 Å². The number of aliphatic hydroxyl groups is 1. The Labute approximate surface area is 129 Å². The summed E-state index contributed by atoms with van der Waals surface area (Å²) in [6.07, 6.45) is 4.92. The van der Waals surface area contributed by atoms with E-state index in [9.17, 15) is 5.11 Å². The molecule has 2 aromatic rings. The van der Waals surface area contributed by atoms with Crippen molar-refractivity contribution in [2.75, 3.05) is 6.61 Å². The van der Waals surface area contributed by atoms with Crippen LogP contribution in [0.1, 0.15) is 41.6 Å². The summed E-state index contributed by atoms with van der Waals surface area (Å²) < 4.78 is 5.76. The van der Waals surface area contributed by atoms with Crippen LogP contribution in [-0.4, -0.2) is 22.8 Å². The van der Waals surface area contributed by atoms with E-state index in [0.717, 1.165) is 35.7 Å². The van der Waals surface area contributed by atoms with Crippen LogP contribution >= 0.6 is 11.3 Å². The van der Waals surface area contributed by atoms with Crippen LogP contribution in [0.4, 0.5) is 0 Å². The van der Waals surface area contributed by atoms with Crippen LogP contribution < -0.4 is 0 Å². The zero-order chi connectivity index (χ0) is 14.5. The molecule has 3 rings (SSSR count). The molecule has 1 saturated heterocycles. The van der Waals surface area contributed by atoms with Gasteiger partial charge in [0.2, 0.25) is 0 Å². The van der Waals surface area contributed by atoms with Gasteiger partial charge in [-0.25, -0.2) is 4.98 Å². The Kier molecular flexibility index (Phi) is 5.01. The van der Waals surface area contributed by atoms with E-state index in [2.05, 4.69) is 10.4 Å². The van der Waals surface area contributed by atoms with Crippen LogP contribution in [0.5, 0.6) is 0 Å². The predicted molar refractivity (Wildman–Crippen MR) is 84.5 cm³/mol. The van der Waals surface area contributed by atoms with E-state index in [1.54, 1.807) is 11.3 Å². The number of hydrogen-bond donors (Lipinski definition) is 1. The van der Waals surface area contributed by atoms with Gasteiger partial charge in [0, 0.05) is 24.8 Å². The summed E-state index contributed by atoms with van der Waals surface area (Å²) in [5.74, 6) is 0. The largest absolute Gasteiger partial charge is 0.388 e. The average molecular weight is 303 g/mol. The molecule has 1 aromatic carbocycles. The second kappa shape index (κ2) is 7.16. The van der Waals surface area contributed by atoms with E-state index in [4.69, 9.17) is 4.74 Å². The van der Waals surface area contributed by atoms with Gasteiger partial charge in [-0.05, 0) is 24.8 Å². The minimum absolute atomic E-state index is 0.330. The lowest BCUT2D eigenvalue weighted by molar-refractivity contribution is 0.0167. The SMILES string of the molecule is OC(Cc1csc(CC2CCCCO2)n1)c1ccccc1. The van der Waals surface area contributed by atoms with E-state index < -0.39 is 6.10 Å². The van der Waals surface area contributed by atoms with Gasteiger partial charge in [-0.3, -0.25) is 0 Å².